The van der Waals surface area contributed by atoms with Crippen LogP contribution in [0.2, 0.25) is 0 Å². The van der Waals surface area contributed by atoms with Crippen molar-refractivity contribution in [1.29, 1.82) is 0 Å². The predicted octanol–water partition coefficient (Wildman–Crippen LogP) is 3.92. The molecule has 4 saturated carbocycles. The van der Waals surface area contributed by atoms with Crippen LogP contribution in [-0.4, -0.2) is 14.6 Å². The maximum absolute atomic E-state index is 6.54. The third-order valence-electron chi connectivity index (χ3n) is 3.86. The first kappa shape index (κ1) is 9.12. The first-order valence-electron chi connectivity index (χ1n) is 4.97. The molecule has 0 aromatic heterocycles. The number of hydrogen-bond acceptors (Lipinski definition) is 0. The van der Waals surface area contributed by atoms with E-state index in [2.05, 4.69) is 0 Å². The summed E-state index contributed by atoms with van der Waals surface area (Å²) in [6.45, 7) is 0. The average molecular weight is 240 g/mol. The topological polar surface area (TPSA) is 0 Å². The number of alkyl halides is 3. The smallest absolute Gasteiger partial charge is 0.0483 e. The van der Waals surface area contributed by atoms with Gasteiger partial charge in [0.15, 0.2) is 0 Å². The van der Waals surface area contributed by atoms with Gasteiger partial charge in [0.25, 0.3) is 0 Å². The van der Waals surface area contributed by atoms with Crippen molar-refractivity contribution in [3.63, 3.8) is 0 Å². The van der Waals surface area contributed by atoms with E-state index in [1.165, 1.54) is 0 Å². The third-order valence-corrected chi connectivity index (χ3v) is 5.13. The molecule has 4 rings (SSSR count). The Labute approximate surface area is 93.9 Å². The van der Waals surface area contributed by atoms with E-state index in [0.717, 1.165) is 38.5 Å². The molecule has 0 atom stereocenters. The van der Waals surface area contributed by atoms with Crippen LogP contribution in [-0.2, 0) is 0 Å². The second-order valence-corrected chi connectivity index (χ2v) is 7.87. The Morgan fingerprint density at radius 2 is 1.00 bits per heavy atom. The van der Waals surface area contributed by atoms with E-state index in [1.54, 1.807) is 0 Å². The molecule has 0 radical (unpaired) electrons. The molecule has 0 spiro atoms. The summed E-state index contributed by atoms with van der Waals surface area (Å²) < 4.78 is 0. The zero-order valence-corrected chi connectivity index (χ0v) is 9.72. The van der Waals surface area contributed by atoms with Crippen LogP contribution in [0.3, 0.4) is 0 Å². The fourth-order valence-corrected chi connectivity index (χ4v) is 6.49. The Morgan fingerprint density at radius 1 is 0.692 bits per heavy atom. The first-order valence-corrected chi connectivity index (χ1v) is 6.11. The highest BCUT2D eigenvalue weighted by Gasteiger charge is 2.61. The minimum Gasteiger partial charge on any atom is -0.119 e. The Hall–Kier alpha value is 0.870. The molecule has 0 saturated heterocycles. The van der Waals surface area contributed by atoms with Gasteiger partial charge in [-0.1, -0.05) is 0 Å². The van der Waals surface area contributed by atoms with Gasteiger partial charge in [0.2, 0.25) is 0 Å². The Morgan fingerprint density at radius 3 is 1.23 bits per heavy atom. The minimum absolute atomic E-state index is 0.0666. The van der Waals surface area contributed by atoms with E-state index in [1.807, 2.05) is 0 Å². The lowest BCUT2D eigenvalue weighted by atomic mass is 9.55. The fraction of sp³-hybridized carbons (Fsp3) is 1.00. The van der Waals surface area contributed by atoms with Crippen LogP contribution in [0.1, 0.15) is 38.5 Å². The van der Waals surface area contributed by atoms with Gasteiger partial charge in [-0.2, -0.15) is 0 Å². The normalized spacial score (nSPS) is 64.4. The molecule has 4 aliphatic carbocycles. The van der Waals surface area contributed by atoms with Crippen LogP contribution >= 0.6 is 34.8 Å². The molecule has 4 aliphatic rings. The molecule has 0 aromatic rings. The Balaban J connectivity index is 2.03. The van der Waals surface area contributed by atoms with Gasteiger partial charge in [-0.05, 0) is 44.4 Å². The van der Waals surface area contributed by atoms with Crippen molar-refractivity contribution in [3.8, 4) is 0 Å². The molecule has 0 nitrogen and oxygen atoms in total. The molecule has 0 aliphatic heterocycles. The van der Waals surface area contributed by atoms with Crippen molar-refractivity contribution in [3.05, 3.63) is 0 Å². The molecular weight excluding hydrogens is 226 g/mol. The van der Waals surface area contributed by atoms with Crippen molar-refractivity contribution in [2.24, 2.45) is 5.92 Å². The van der Waals surface area contributed by atoms with Crippen molar-refractivity contribution in [2.75, 3.05) is 0 Å². The fourth-order valence-electron chi connectivity index (χ4n) is 4.09. The van der Waals surface area contributed by atoms with Gasteiger partial charge in [0.1, 0.15) is 0 Å². The molecule has 74 valence electrons. The molecule has 0 heterocycles. The monoisotopic (exact) mass is 238 g/mol. The minimum atomic E-state index is -0.0666. The van der Waals surface area contributed by atoms with E-state index in [-0.39, 0.29) is 14.6 Å². The summed E-state index contributed by atoms with van der Waals surface area (Å²) in [7, 11) is 0. The third kappa shape index (κ3) is 1.33. The van der Waals surface area contributed by atoms with Crippen molar-refractivity contribution in [1.82, 2.24) is 0 Å². The van der Waals surface area contributed by atoms with Crippen LogP contribution in [0.5, 0.6) is 0 Å². The molecule has 0 N–H and O–H groups in total. The van der Waals surface area contributed by atoms with Crippen LogP contribution in [0.4, 0.5) is 0 Å². The van der Waals surface area contributed by atoms with E-state index in [9.17, 15) is 0 Å². The average Bonchev–Trinajstić information content (AvgIpc) is 1.71. The van der Waals surface area contributed by atoms with Crippen LogP contribution in [0, 0.1) is 5.92 Å². The van der Waals surface area contributed by atoms with Gasteiger partial charge in [-0.15, -0.1) is 34.8 Å². The molecule has 4 bridgehead atoms. The molecule has 0 aromatic carbocycles. The lowest BCUT2D eigenvalue weighted by Gasteiger charge is -2.60. The van der Waals surface area contributed by atoms with Crippen molar-refractivity contribution < 1.29 is 0 Å². The molecule has 4 fully saturated rings. The second kappa shape index (κ2) is 2.33. The molecule has 3 heteroatoms. The van der Waals surface area contributed by atoms with E-state index in [0.29, 0.717) is 5.92 Å². The maximum Gasteiger partial charge on any atom is 0.0483 e. The van der Waals surface area contributed by atoms with Crippen LogP contribution < -0.4 is 0 Å². The summed E-state index contributed by atoms with van der Waals surface area (Å²) >= 11 is 19.6. The SMILES string of the molecule is ClC12CC3CC(Cl)(C1)CC(Cl)(C3)C2. The highest BCUT2D eigenvalue weighted by molar-refractivity contribution is 6.31. The lowest BCUT2D eigenvalue weighted by molar-refractivity contribution is 0.0663. The summed E-state index contributed by atoms with van der Waals surface area (Å²) in [5.74, 6) is 0.684. The van der Waals surface area contributed by atoms with Gasteiger partial charge in [0, 0.05) is 14.6 Å². The highest BCUT2D eigenvalue weighted by atomic mass is 35.5. The van der Waals surface area contributed by atoms with Gasteiger partial charge in [-0.25, -0.2) is 0 Å². The van der Waals surface area contributed by atoms with Crippen molar-refractivity contribution in [2.45, 2.75) is 53.1 Å². The van der Waals surface area contributed by atoms with E-state index >= 15 is 0 Å². The summed E-state index contributed by atoms with van der Waals surface area (Å²) in [6.07, 6.45) is 6.31. The van der Waals surface area contributed by atoms with Gasteiger partial charge < -0.3 is 0 Å². The first-order chi connectivity index (χ1) is 5.91. The molecule has 13 heavy (non-hydrogen) atoms. The van der Waals surface area contributed by atoms with Crippen LogP contribution in [0.25, 0.3) is 0 Å². The lowest BCUT2D eigenvalue weighted by Crippen LogP contribution is -2.60. The number of rotatable bonds is 0. The van der Waals surface area contributed by atoms with Gasteiger partial charge >= 0.3 is 0 Å². The summed E-state index contributed by atoms with van der Waals surface area (Å²) in [4.78, 5) is -0.200. The van der Waals surface area contributed by atoms with Crippen LogP contribution in [0.15, 0.2) is 0 Å². The summed E-state index contributed by atoms with van der Waals surface area (Å²) in [6, 6.07) is 0. The zero-order valence-electron chi connectivity index (χ0n) is 7.45. The Kier molecular flexibility index (Phi) is 1.64. The Bertz CT molecular complexity index is 212. The van der Waals surface area contributed by atoms with Gasteiger partial charge in [0.05, 0.1) is 0 Å². The standard InChI is InChI=1S/C10H13Cl3/c11-8-1-7-2-9(12,4-8)6-10(13,3-7)5-8/h7H,1-6H2. The van der Waals surface area contributed by atoms with E-state index in [4.69, 9.17) is 34.8 Å². The summed E-state index contributed by atoms with van der Waals surface area (Å²) in [5, 5.41) is 0. The van der Waals surface area contributed by atoms with E-state index < -0.39 is 0 Å². The van der Waals surface area contributed by atoms with Gasteiger partial charge in [-0.3, -0.25) is 0 Å². The zero-order chi connectivity index (χ0) is 9.32. The largest absolute Gasteiger partial charge is 0.119 e. The number of halogens is 3. The highest BCUT2D eigenvalue weighted by Crippen LogP contribution is 2.65. The molecule has 0 unspecified atom stereocenters. The summed E-state index contributed by atoms with van der Waals surface area (Å²) in [5.41, 5.74) is 0. The maximum atomic E-state index is 6.54. The van der Waals surface area contributed by atoms with Crippen molar-refractivity contribution >= 4 is 34.8 Å². The molecule has 0 amide bonds. The molecular formula is C10H13Cl3. The second-order valence-electron chi connectivity index (χ2n) is 5.46. The number of hydrogen-bond donors (Lipinski definition) is 0. The quantitative estimate of drug-likeness (QED) is 0.562. The predicted molar refractivity (Wildman–Crippen MR) is 56.9 cm³/mol.